The van der Waals surface area contributed by atoms with E-state index >= 15 is 0 Å². The highest BCUT2D eigenvalue weighted by Gasteiger charge is 2.19. The lowest BCUT2D eigenvalue weighted by molar-refractivity contribution is 0.486. The summed E-state index contributed by atoms with van der Waals surface area (Å²) in [6.45, 7) is 0. The van der Waals surface area contributed by atoms with Crippen LogP contribution in [0.5, 0.6) is 0 Å². The van der Waals surface area contributed by atoms with Gasteiger partial charge in [-0.1, -0.05) is 12.1 Å². The number of halogens is 2. The Kier molecular flexibility index (Phi) is 3.26. The molecule has 1 N–H and O–H groups in total. The van der Waals surface area contributed by atoms with Gasteiger partial charge in [-0.25, -0.2) is 13.8 Å². The zero-order valence-electron chi connectivity index (χ0n) is 8.58. The van der Waals surface area contributed by atoms with Crippen LogP contribution < -0.4 is 5.32 Å². The predicted molar refractivity (Wildman–Crippen MR) is 59.4 cm³/mol. The average molecular weight is 240 g/mol. The first-order chi connectivity index (χ1) is 7.74. The number of nitrogens with zero attached hydrogens (tertiary/aromatic N) is 1. The van der Waals surface area contributed by atoms with Crippen molar-refractivity contribution in [3.63, 3.8) is 0 Å². The molecule has 84 valence electrons. The van der Waals surface area contributed by atoms with Crippen molar-refractivity contribution in [1.82, 2.24) is 10.3 Å². The van der Waals surface area contributed by atoms with Crippen molar-refractivity contribution < 1.29 is 8.78 Å². The molecule has 0 bridgehead atoms. The van der Waals surface area contributed by atoms with Crippen LogP contribution in [0.25, 0.3) is 0 Å². The molecule has 1 heterocycles. The van der Waals surface area contributed by atoms with Crippen LogP contribution in [0.15, 0.2) is 29.1 Å². The quantitative estimate of drug-likeness (QED) is 0.892. The second kappa shape index (κ2) is 4.67. The van der Waals surface area contributed by atoms with Crippen LogP contribution in [0, 0.1) is 11.6 Å². The summed E-state index contributed by atoms with van der Waals surface area (Å²) in [5.74, 6) is -1.66. The molecule has 0 aliphatic carbocycles. The van der Waals surface area contributed by atoms with Crippen LogP contribution in [0.3, 0.4) is 0 Å². The van der Waals surface area contributed by atoms with Crippen LogP contribution >= 0.6 is 11.3 Å². The van der Waals surface area contributed by atoms with Gasteiger partial charge in [0.25, 0.3) is 0 Å². The molecule has 0 saturated carbocycles. The number of nitrogens with one attached hydrogen (secondary N) is 1. The molecule has 2 nitrogen and oxygen atoms in total. The second-order valence-corrected chi connectivity index (χ2v) is 4.00. The van der Waals surface area contributed by atoms with Crippen molar-refractivity contribution in [3.05, 3.63) is 52.0 Å². The third-order valence-electron chi connectivity index (χ3n) is 2.33. The molecule has 16 heavy (non-hydrogen) atoms. The molecule has 5 heteroatoms. The Labute approximate surface area is 96.0 Å². The Hall–Kier alpha value is -1.33. The number of rotatable bonds is 3. The SMILES string of the molecule is CNC(c1cscn1)c1cccc(F)c1F. The van der Waals surface area contributed by atoms with Crippen LogP contribution in [-0.4, -0.2) is 12.0 Å². The second-order valence-electron chi connectivity index (χ2n) is 3.28. The number of thiazole rings is 1. The maximum absolute atomic E-state index is 13.6. The molecule has 1 unspecified atom stereocenters. The molecule has 2 rings (SSSR count). The van der Waals surface area contributed by atoms with Crippen LogP contribution in [0.4, 0.5) is 8.78 Å². The maximum atomic E-state index is 13.6. The van der Waals surface area contributed by atoms with E-state index in [-0.39, 0.29) is 5.56 Å². The standard InChI is InChI=1S/C11H10F2N2S/c1-14-11(9-5-16-6-15-9)7-3-2-4-8(12)10(7)13/h2-6,11,14H,1H3. The van der Waals surface area contributed by atoms with E-state index in [4.69, 9.17) is 0 Å². The first-order valence-corrected chi connectivity index (χ1v) is 5.67. The third kappa shape index (κ3) is 1.96. The Morgan fingerprint density at radius 3 is 2.81 bits per heavy atom. The van der Waals surface area contributed by atoms with Crippen LogP contribution in [0.1, 0.15) is 17.3 Å². The largest absolute Gasteiger partial charge is 0.308 e. The van der Waals surface area contributed by atoms with Gasteiger partial charge in [-0.05, 0) is 13.1 Å². The molecule has 1 atom stereocenters. The average Bonchev–Trinajstić information content (AvgIpc) is 2.79. The number of benzene rings is 1. The molecule has 0 saturated heterocycles. The van der Waals surface area contributed by atoms with Gasteiger partial charge in [-0.15, -0.1) is 11.3 Å². The highest BCUT2D eigenvalue weighted by Crippen LogP contribution is 2.25. The number of hydrogen-bond donors (Lipinski definition) is 1. The summed E-state index contributed by atoms with van der Waals surface area (Å²) in [7, 11) is 1.69. The van der Waals surface area contributed by atoms with E-state index in [1.165, 1.54) is 17.4 Å². The first kappa shape index (κ1) is 11.2. The van der Waals surface area contributed by atoms with Gasteiger partial charge in [0, 0.05) is 10.9 Å². The Morgan fingerprint density at radius 1 is 1.38 bits per heavy atom. The van der Waals surface area contributed by atoms with Gasteiger partial charge in [-0.2, -0.15) is 0 Å². The number of hydrogen-bond acceptors (Lipinski definition) is 3. The summed E-state index contributed by atoms with van der Waals surface area (Å²) >= 11 is 1.42. The molecule has 2 aromatic rings. The van der Waals surface area contributed by atoms with Crippen molar-refractivity contribution >= 4 is 11.3 Å². The van der Waals surface area contributed by atoms with E-state index in [2.05, 4.69) is 10.3 Å². The van der Waals surface area contributed by atoms with E-state index in [1.807, 2.05) is 5.38 Å². The molecule has 0 aliphatic heterocycles. The van der Waals surface area contributed by atoms with Gasteiger partial charge in [0.2, 0.25) is 0 Å². The molecule has 0 spiro atoms. The van der Waals surface area contributed by atoms with Gasteiger partial charge < -0.3 is 5.32 Å². The number of aromatic nitrogens is 1. The van der Waals surface area contributed by atoms with Gasteiger partial charge in [-0.3, -0.25) is 0 Å². The lowest BCUT2D eigenvalue weighted by atomic mass is 10.0. The zero-order chi connectivity index (χ0) is 11.5. The topological polar surface area (TPSA) is 24.9 Å². The predicted octanol–water partition coefficient (Wildman–Crippen LogP) is 2.73. The first-order valence-electron chi connectivity index (χ1n) is 4.73. The molecule has 0 fully saturated rings. The minimum absolute atomic E-state index is 0.272. The van der Waals surface area contributed by atoms with E-state index in [0.29, 0.717) is 5.69 Å². The molecule has 1 aromatic carbocycles. The van der Waals surface area contributed by atoms with Gasteiger partial charge in [0.05, 0.1) is 17.2 Å². The highest BCUT2D eigenvalue weighted by atomic mass is 32.1. The monoisotopic (exact) mass is 240 g/mol. The van der Waals surface area contributed by atoms with Crippen molar-refractivity contribution in [2.45, 2.75) is 6.04 Å². The fourth-order valence-electron chi connectivity index (χ4n) is 1.57. The van der Waals surface area contributed by atoms with Crippen molar-refractivity contribution in [2.75, 3.05) is 7.05 Å². The minimum Gasteiger partial charge on any atom is -0.308 e. The van der Waals surface area contributed by atoms with Crippen molar-refractivity contribution in [3.8, 4) is 0 Å². The minimum atomic E-state index is -0.840. The Bertz CT molecular complexity index is 471. The molecule has 0 aliphatic rings. The van der Waals surface area contributed by atoms with Gasteiger partial charge >= 0.3 is 0 Å². The summed E-state index contributed by atoms with van der Waals surface area (Å²) in [6, 6.07) is 3.73. The van der Waals surface area contributed by atoms with E-state index in [9.17, 15) is 8.78 Å². The Balaban J connectivity index is 2.45. The summed E-state index contributed by atoms with van der Waals surface area (Å²) in [6.07, 6.45) is 0. The lowest BCUT2D eigenvalue weighted by Crippen LogP contribution is -2.19. The van der Waals surface area contributed by atoms with Crippen molar-refractivity contribution in [2.24, 2.45) is 0 Å². The molecule has 0 amide bonds. The normalized spacial score (nSPS) is 12.7. The summed E-state index contributed by atoms with van der Waals surface area (Å²) < 4.78 is 26.7. The fourth-order valence-corrected chi connectivity index (χ4v) is 2.15. The maximum Gasteiger partial charge on any atom is 0.163 e. The fraction of sp³-hybridized carbons (Fsp3) is 0.182. The smallest absolute Gasteiger partial charge is 0.163 e. The van der Waals surface area contributed by atoms with E-state index in [1.54, 1.807) is 18.6 Å². The molecule has 0 radical (unpaired) electrons. The third-order valence-corrected chi connectivity index (χ3v) is 2.93. The lowest BCUT2D eigenvalue weighted by Gasteiger charge is -2.15. The Morgan fingerprint density at radius 2 is 2.19 bits per heavy atom. The van der Waals surface area contributed by atoms with Gasteiger partial charge in [0.1, 0.15) is 0 Å². The van der Waals surface area contributed by atoms with Crippen LogP contribution in [0.2, 0.25) is 0 Å². The molecular weight excluding hydrogens is 230 g/mol. The summed E-state index contributed by atoms with van der Waals surface area (Å²) in [4.78, 5) is 4.10. The summed E-state index contributed by atoms with van der Waals surface area (Å²) in [5.41, 5.74) is 2.63. The summed E-state index contributed by atoms with van der Waals surface area (Å²) in [5, 5.41) is 4.74. The van der Waals surface area contributed by atoms with Gasteiger partial charge in [0.15, 0.2) is 11.6 Å². The van der Waals surface area contributed by atoms with Crippen LogP contribution in [-0.2, 0) is 0 Å². The molecule has 1 aromatic heterocycles. The zero-order valence-corrected chi connectivity index (χ0v) is 9.39. The van der Waals surface area contributed by atoms with Crippen molar-refractivity contribution in [1.29, 1.82) is 0 Å². The molecular formula is C11H10F2N2S. The van der Waals surface area contributed by atoms with E-state index < -0.39 is 17.7 Å². The van der Waals surface area contributed by atoms with E-state index in [0.717, 1.165) is 6.07 Å². The highest BCUT2D eigenvalue weighted by molar-refractivity contribution is 7.07.